The Morgan fingerprint density at radius 3 is 1.25 bits per heavy atom. The molecule has 5 amide bonds. The van der Waals surface area contributed by atoms with E-state index in [1.807, 2.05) is 0 Å². The van der Waals surface area contributed by atoms with Crippen molar-refractivity contribution in [2.45, 2.75) is 267 Å². The van der Waals surface area contributed by atoms with E-state index in [2.05, 4.69) is 26.6 Å². The molecular formula is C58H97N5O42. The minimum atomic E-state index is -3.23. The summed E-state index contributed by atoms with van der Waals surface area (Å²) in [4.78, 5) is 89.3. The topological polar surface area (TPSA) is 756 Å². The molecule has 6 fully saturated rings. The summed E-state index contributed by atoms with van der Waals surface area (Å²) in [6, 6.07) is -9.47. The number of rotatable bonds is 34. The number of carbonyl (C=O) groups is 7. The molecule has 0 radical (unpaired) electrons. The lowest BCUT2D eigenvalue weighted by atomic mass is 9.88. The smallest absolute Gasteiger partial charge is 0.364 e. The summed E-state index contributed by atoms with van der Waals surface area (Å²) < 4.78 is 69.8. The van der Waals surface area contributed by atoms with Crippen LogP contribution in [0.15, 0.2) is 0 Å². The highest BCUT2D eigenvalue weighted by atomic mass is 16.8. The van der Waals surface area contributed by atoms with Crippen LogP contribution in [-0.4, -0.2) is 431 Å². The molecule has 0 aromatic heterocycles. The van der Waals surface area contributed by atoms with Crippen molar-refractivity contribution in [1.82, 2.24) is 26.6 Å². The molecule has 47 nitrogen and oxygen atoms in total. The van der Waals surface area contributed by atoms with Crippen LogP contribution in [0, 0.1) is 0 Å². The van der Waals surface area contributed by atoms with E-state index >= 15 is 0 Å². The predicted octanol–water partition coefficient (Wildman–Crippen LogP) is -17.5. The fourth-order valence-corrected chi connectivity index (χ4v) is 12.8. The number of ether oxygens (including phenoxy) is 12. The van der Waals surface area contributed by atoms with E-state index in [4.69, 9.17) is 56.8 Å². The zero-order valence-electron chi connectivity index (χ0n) is 56.7. The minimum Gasteiger partial charge on any atom is -0.477 e. The van der Waals surface area contributed by atoms with E-state index in [1.54, 1.807) is 0 Å². The fourth-order valence-electron chi connectivity index (χ4n) is 12.8. The standard InChI is InChI=1S/C58H97N5O42/c1-16(70)59-21(8-64)45(37(82)26(79)14-94-57(55(90)91)6-22(75)31(60-17(2)71)48(104-57)35(80)24(77)9-65)100-51-33(62-19(4)73)40(85)47(29(13-69)97-51)102-54-44(89)50(39(84)30(99-54)15-95-58(56(92)93)7-23(76)32(61-18(3)72)49(105-58)36(81)25(78)10-66)103-52-34(63-20(5)74)41(86)46(28(12-68)98-52)101-53-43(88)42(87)38(83)27(11-67)96-53/h21-54,64-69,75-89H,6-15H2,1-5H3,(H,59,70)(H,60,71)(H,61,72)(H,62,73)(H,63,74)(H,90,91)(H,92,93)/t21-,22-,23-,24+,25+,26+,27+,28+,29+,30+,31+,32+,33+,34+,35+,36+,37-,38-,39-,40+,41+,42-,43+,44+,45+,46+,47+,48+,49+,50-,51-,52-,53-,54-,57+,58+/m0/s1. The second kappa shape index (κ2) is 38.6. The molecule has 0 bridgehead atoms. The quantitative estimate of drug-likeness (QED) is 0.0284. The van der Waals surface area contributed by atoms with Crippen molar-refractivity contribution in [3.05, 3.63) is 0 Å². The van der Waals surface area contributed by atoms with Gasteiger partial charge in [-0.1, -0.05) is 0 Å². The second-order valence-electron chi connectivity index (χ2n) is 25.9. The van der Waals surface area contributed by atoms with E-state index in [0.717, 1.165) is 34.6 Å². The van der Waals surface area contributed by atoms with Crippen molar-refractivity contribution in [2.24, 2.45) is 0 Å². The molecule has 0 aromatic carbocycles. The SMILES string of the molecule is CC(=O)N[C@H]1[C@H](O[C@H]2[C@@H](O)[C@@H](CO[C@]3(C(=O)O)C[C@H](O)[C@@H](NC(C)=O)[C@H]([C@H](O)[C@H](O)CO)O3)O[C@@H](O[C@H]3[C@H](O)[C@@H](NC(C)=O)[C@H](O[C@@H]([C@@H](O)[C@H](O)CO[C@]4(C(=O)O)C[C@H](O)[C@@H](NC(C)=O)[C@H]([C@H](O)[C@H](O)CO)O4)[C@H](CO)NC(C)=O)O[C@@H]3CO)[C@@H]2O)O[C@H](CO)[C@@H](O[C@@H]2O[C@H](CO)[C@H](O)[C@H](O)[C@H]2O)[C@@H]1O. The summed E-state index contributed by atoms with van der Waals surface area (Å²) in [5.41, 5.74) is 0. The molecule has 0 saturated carbocycles. The number of aliphatic hydroxyl groups excluding tert-OH is 21. The lowest BCUT2D eigenvalue weighted by Gasteiger charge is -2.51. The number of aliphatic hydroxyl groups is 21. The maximum atomic E-state index is 13.3. The van der Waals surface area contributed by atoms with Crippen LogP contribution in [0.3, 0.4) is 0 Å². The molecule has 0 spiro atoms. The highest BCUT2D eigenvalue weighted by Crippen LogP contribution is 2.40. The number of carbonyl (C=O) groups excluding carboxylic acids is 5. The van der Waals surface area contributed by atoms with Gasteiger partial charge in [0.2, 0.25) is 29.5 Å². The molecule has 47 heteroatoms. The van der Waals surface area contributed by atoms with E-state index in [-0.39, 0.29) is 0 Å². The van der Waals surface area contributed by atoms with E-state index in [1.165, 1.54) is 0 Å². The first-order valence-electron chi connectivity index (χ1n) is 32.8. The van der Waals surface area contributed by atoms with Gasteiger partial charge in [-0.2, -0.15) is 0 Å². The average Bonchev–Trinajstić information content (AvgIpc) is 0.774. The molecule has 28 N–H and O–H groups in total. The monoisotopic (exact) mass is 1540 g/mol. The van der Waals surface area contributed by atoms with Gasteiger partial charge in [0, 0.05) is 47.5 Å². The van der Waals surface area contributed by atoms with Gasteiger partial charge in [-0.05, 0) is 0 Å². The van der Waals surface area contributed by atoms with Crippen LogP contribution >= 0.6 is 0 Å². The van der Waals surface area contributed by atoms with Gasteiger partial charge in [-0.3, -0.25) is 24.0 Å². The maximum absolute atomic E-state index is 13.3. The highest BCUT2D eigenvalue weighted by Gasteiger charge is 2.61. The van der Waals surface area contributed by atoms with Gasteiger partial charge in [-0.15, -0.1) is 0 Å². The van der Waals surface area contributed by atoms with Gasteiger partial charge < -0.3 is 201 Å². The molecule has 0 aromatic rings. The zero-order chi connectivity index (χ0) is 78.8. The Balaban J connectivity index is 1.37. The van der Waals surface area contributed by atoms with Gasteiger partial charge in [0.1, 0.15) is 152 Å². The zero-order valence-corrected chi connectivity index (χ0v) is 56.7. The first-order chi connectivity index (χ1) is 49.2. The van der Waals surface area contributed by atoms with Crippen molar-refractivity contribution in [1.29, 1.82) is 0 Å². The van der Waals surface area contributed by atoms with Crippen LogP contribution in [0.25, 0.3) is 0 Å². The van der Waals surface area contributed by atoms with Gasteiger partial charge >= 0.3 is 11.9 Å². The predicted molar refractivity (Wildman–Crippen MR) is 326 cm³/mol. The Bertz CT molecular complexity index is 2850. The number of hydrogen-bond acceptors (Lipinski definition) is 40. The highest BCUT2D eigenvalue weighted by molar-refractivity contribution is 5.78. The molecule has 6 rings (SSSR count). The summed E-state index contributed by atoms with van der Waals surface area (Å²) in [7, 11) is 0. The maximum Gasteiger partial charge on any atom is 0.364 e. The molecule has 6 saturated heterocycles. The third-order valence-electron chi connectivity index (χ3n) is 18.2. The van der Waals surface area contributed by atoms with Crippen LogP contribution in [0.1, 0.15) is 47.5 Å². The van der Waals surface area contributed by atoms with Crippen molar-refractivity contribution < 1.29 is 208 Å². The fraction of sp³-hybridized carbons (Fsp3) is 0.879. The number of aliphatic carboxylic acids is 2. The Hall–Kier alpha value is -5.03. The van der Waals surface area contributed by atoms with Crippen molar-refractivity contribution in [3.63, 3.8) is 0 Å². The number of carboxylic acid groups (broad SMARTS) is 2. The number of amides is 5. The van der Waals surface area contributed by atoms with Gasteiger partial charge in [0.15, 0.2) is 25.2 Å². The van der Waals surface area contributed by atoms with E-state index < -0.39 is 327 Å². The Morgan fingerprint density at radius 1 is 0.429 bits per heavy atom. The van der Waals surface area contributed by atoms with Crippen molar-refractivity contribution in [3.8, 4) is 0 Å². The Kier molecular flexibility index (Phi) is 32.6. The van der Waals surface area contributed by atoms with Crippen LogP contribution in [0.4, 0.5) is 0 Å². The normalized spacial score (nSPS) is 40.4. The molecule has 0 aliphatic carbocycles. The lowest BCUT2D eigenvalue weighted by molar-refractivity contribution is -0.384. The summed E-state index contributed by atoms with van der Waals surface area (Å²) in [6.07, 6.45) is -66.2. The van der Waals surface area contributed by atoms with Crippen LogP contribution in [-0.2, 0) is 90.4 Å². The summed E-state index contributed by atoms with van der Waals surface area (Å²) in [6.45, 7) is -5.29. The first-order valence-corrected chi connectivity index (χ1v) is 32.8. The van der Waals surface area contributed by atoms with Crippen molar-refractivity contribution in [2.75, 3.05) is 52.9 Å². The molecule has 6 heterocycles. The van der Waals surface area contributed by atoms with E-state index in [0.29, 0.717) is 0 Å². The minimum absolute atomic E-state index is 0.856. The number of nitrogens with one attached hydrogen (secondary N) is 5. The molecule has 6 aliphatic rings. The molecule has 105 heavy (non-hydrogen) atoms. The van der Waals surface area contributed by atoms with E-state index in [9.17, 15) is 151 Å². The molecule has 0 unspecified atom stereocenters. The third-order valence-corrected chi connectivity index (χ3v) is 18.2. The average molecular weight is 1540 g/mol. The van der Waals surface area contributed by atoms with Gasteiger partial charge in [-0.25, -0.2) is 9.59 Å². The molecule has 6 aliphatic heterocycles. The van der Waals surface area contributed by atoms with Gasteiger partial charge in [0.05, 0.1) is 83.2 Å². The lowest BCUT2D eigenvalue weighted by Crippen LogP contribution is -2.71. The largest absolute Gasteiger partial charge is 0.477 e. The first kappa shape index (κ1) is 88.9. The molecule has 36 atom stereocenters. The summed E-state index contributed by atoms with van der Waals surface area (Å²) in [5, 5.41) is 263. The van der Waals surface area contributed by atoms with Crippen LogP contribution in [0.2, 0.25) is 0 Å². The van der Waals surface area contributed by atoms with Gasteiger partial charge in [0.25, 0.3) is 11.6 Å². The molecular weight excluding hydrogens is 1440 g/mol. The Morgan fingerprint density at radius 2 is 0.829 bits per heavy atom. The molecule has 606 valence electrons. The summed E-state index contributed by atoms with van der Waals surface area (Å²) >= 11 is 0. The van der Waals surface area contributed by atoms with Crippen molar-refractivity contribution >= 4 is 41.5 Å². The second-order valence-corrected chi connectivity index (χ2v) is 25.9. The number of hydrogen-bond donors (Lipinski definition) is 28. The van der Waals surface area contributed by atoms with Crippen LogP contribution < -0.4 is 26.6 Å². The Labute approximate surface area is 594 Å². The number of carboxylic acids is 2. The summed E-state index contributed by atoms with van der Waals surface area (Å²) in [5.74, 6) is -15.4. The third kappa shape index (κ3) is 20.9. The van der Waals surface area contributed by atoms with Crippen LogP contribution in [0.5, 0.6) is 0 Å².